The SMILES string of the molecule is Cc1ccc(NC(=O)CSc2nnnn2C2CCCC2)c(C)c1. The summed E-state index contributed by atoms with van der Waals surface area (Å²) < 4.78 is 1.88. The van der Waals surface area contributed by atoms with E-state index in [0.717, 1.165) is 29.2 Å². The Kier molecular flexibility index (Phi) is 4.95. The molecule has 1 aromatic heterocycles. The third kappa shape index (κ3) is 3.90. The number of aryl methyl sites for hydroxylation is 2. The van der Waals surface area contributed by atoms with E-state index in [9.17, 15) is 4.79 Å². The number of thioether (sulfide) groups is 1. The number of anilines is 1. The van der Waals surface area contributed by atoms with E-state index < -0.39 is 0 Å². The molecular weight excluding hydrogens is 310 g/mol. The lowest BCUT2D eigenvalue weighted by Gasteiger charge is -2.11. The first-order valence-corrected chi connectivity index (χ1v) is 8.90. The van der Waals surface area contributed by atoms with Gasteiger partial charge in [-0.1, -0.05) is 42.3 Å². The van der Waals surface area contributed by atoms with Crippen molar-refractivity contribution < 1.29 is 4.79 Å². The van der Waals surface area contributed by atoms with Crippen LogP contribution in [0, 0.1) is 13.8 Å². The first-order chi connectivity index (χ1) is 11.1. The molecule has 0 unspecified atom stereocenters. The largest absolute Gasteiger partial charge is 0.325 e. The second-order valence-electron chi connectivity index (χ2n) is 6.00. The van der Waals surface area contributed by atoms with Crippen molar-refractivity contribution in [3.63, 3.8) is 0 Å². The quantitative estimate of drug-likeness (QED) is 0.852. The van der Waals surface area contributed by atoms with Crippen LogP contribution in [0.5, 0.6) is 0 Å². The summed E-state index contributed by atoms with van der Waals surface area (Å²) in [7, 11) is 0. The van der Waals surface area contributed by atoms with E-state index in [1.165, 1.54) is 30.2 Å². The van der Waals surface area contributed by atoms with Gasteiger partial charge in [0, 0.05) is 5.69 Å². The molecule has 3 rings (SSSR count). The van der Waals surface area contributed by atoms with Crippen LogP contribution < -0.4 is 5.32 Å². The molecule has 1 fully saturated rings. The lowest BCUT2D eigenvalue weighted by atomic mass is 10.1. The number of hydrogen-bond donors (Lipinski definition) is 1. The molecule has 0 aliphatic heterocycles. The molecule has 2 aromatic rings. The number of carbonyl (C=O) groups excluding carboxylic acids is 1. The van der Waals surface area contributed by atoms with E-state index in [4.69, 9.17) is 0 Å². The van der Waals surface area contributed by atoms with Gasteiger partial charge in [0.1, 0.15) is 0 Å². The first kappa shape index (κ1) is 16.0. The van der Waals surface area contributed by atoms with Crippen LogP contribution in [0.1, 0.15) is 42.9 Å². The topological polar surface area (TPSA) is 72.7 Å². The lowest BCUT2D eigenvalue weighted by Crippen LogP contribution is -2.16. The van der Waals surface area contributed by atoms with Gasteiger partial charge in [0.05, 0.1) is 11.8 Å². The molecule has 1 heterocycles. The van der Waals surface area contributed by atoms with Crippen LogP contribution in [0.3, 0.4) is 0 Å². The summed E-state index contributed by atoms with van der Waals surface area (Å²) >= 11 is 1.39. The predicted molar refractivity (Wildman–Crippen MR) is 90.6 cm³/mol. The van der Waals surface area contributed by atoms with Crippen LogP contribution in [0.15, 0.2) is 23.4 Å². The normalized spacial score (nSPS) is 15.0. The molecule has 0 radical (unpaired) electrons. The fourth-order valence-corrected chi connectivity index (χ4v) is 3.67. The molecule has 1 aliphatic rings. The average molecular weight is 331 g/mol. The molecule has 0 bridgehead atoms. The van der Waals surface area contributed by atoms with Gasteiger partial charge in [-0.2, -0.15) is 0 Å². The average Bonchev–Trinajstić information content (AvgIpc) is 3.18. The summed E-state index contributed by atoms with van der Waals surface area (Å²) in [6, 6.07) is 6.38. The van der Waals surface area contributed by atoms with E-state index in [1.54, 1.807) is 0 Å². The van der Waals surface area contributed by atoms with Crippen molar-refractivity contribution in [3.05, 3.63) is 29.3 Å². The number of nitrogens with one attached hydrogen (secondary N) is 1. The van der Waals surface area contributed by atoms with E-state index in [2.05, 4.69) is 26.9 Å². The standard InChI is InChI=1S/C16H21N5OS/c1-11-7-8-14(12(2)9-11)17-15(22)10-23-16-18-19-20-21(16)13-5-3-4-6-13/h7-9,13H,3-6,10H2,1-2H3,(H,17,22). The fraction of sp³-hybridized carbons (Fsp3) is 0.500. The highest BCUT2D eigenvalue weighted by Crippen LogP contribution is 2.31. The van der Waals surface area contributed by atoms with Gasteiger partial charge in [-0.25, -0.2) is 4.68 Å². The molecule has 0 spiro atoms. The van der Waals surface area contributed by atoms with Crippen molar-refractivity contribution >= 4 is 23.4 Å². The fourth-order valence-electron chi connectivity index (χ4n) is 2.93. The van der Waals surface area contributed by atoms with Gasteiger partial charge in [0.25, 0.3) is 0 Å². The third-order valence-electron chi connectivity index (χ3n) is 4.12. The van der Waals surface area contributed by atoms with Gasteiger partial charge in [0.2, 0.25) is 11.1 Å². The van der Waals surface area contributed by atoms with Crippen LogP contribution in [0.2, 0.25) is 0 Å². The van der Waals surface area contributed by atoms with Crippen LogP contribution >= 0.6 is 11.8 Å². The molecule has 1 N–H and O–H groups in total. The minimum absolute atomic E-state index is 0.0390. The van der Waals surface area contributed by atoms with Crippen molar-refractivity contribution in [2.75, 3.05) is 11.1 Å². The van der Waals surface area contributed by atoms with E-state index >= 15 is 0 Å². The van der Waals surface area contributed by atoms with Crippen molar-refractivity contribution in [3.8, 4) is 0 Å². The zero-order chi connectivity index (χ0) is 16.2. The summed E-state index contributed by atoms with van der Waals surface area (Å²) in [5.41, 5.74) is 3.11. The number of hydrogen-bond acceptors (Lipinski definition) is 5. The Balaban J connectivity index is 1.58. The number of benzene rings is 1. The minimum atomic E-state index is -0.0390. The molecule has 0 atom stereocenters. The van der Waals surface area contributed by atoms with Gasteiger partial charge in [-0.15, -0.1) is 5.10 Å². The third-order valence-corrected chi connectivity index (χ3v) is 5.05. The molecule has 1 saturated carbocycles. The maximum atomic E-state index is 12.2. The second kappa shape index (κ2) is 7.12. The monoisotopic (exact) mass is 331 g/mol. The Labute approximate surface area is 140 Å². The highest BCUT2D eigenvalue weighted by molar-refractivity contribution is 7.99. The maximum absolute atomic E-state index is 12.2. The van der Waals surface area contributed by atoms with Crippen LogP contribution in [0.4, 0.5) is 5.69 Å². The molecule has 122 valence electrons. The highest BCUT2D eigenvalue weighted by atomic mass is 32.2. The highest BCUT2D eigenvalue weighted by Gasteiger charge is 2.22. The van der Waals surface area contributed by atoms with Crippen LogP contribution in [-0.2, 0) is 4.79 Å². The number of carbonyl (C=O) groups is 1. The molecule has 1 amide bonds. The smallest absolute Gasteiger partial charge is 0.234 e. The summed E-state index contributed by atoms with van der Waals surface area (Å²) in [6.07, 6.45) is 4.68. The molecular formula is C16H21N5OS. The Hall–Kier alpha value is -1.89. The molecule has 6 nitrogen and oxygen atoms in total. The number of aromatic nitrogens is 4. The lowest BCUT2D eigenvalue weighted by molar-refractivity contribution is -0.113. The predicted octanol–water partition coefficient (Wildman–Crippen LogP) is 3.14. The van der Waals surface area contributed by atoms with E-state index in [-0.39, 0.29) is 5.91 Å². The minimum Gasteiger partial charge on any atom is -0.325 e. The molecule has 0 saturated heterocycles. The van der Waals surface area contributed by atoms with E-state index in [1.807, 2.05) is 30.7 Å². The Bertz CT molecular complexity index is 694. The number of amides is 1. The van der Waals surface area contributed by atoms with Crippen LogP contribution in [0.25, 0.3) is 0 Å². The molecule has 7 heteroatoms. The van der Waals surface area contributed by atoms with Crippen molar-refractivity contribution in [1.82, 2.24) is 20.2 Å². The Morgan fingerprint density at radius 2 is 2.13 bits per heavy atom. The summed E-state index contributed by atoms with van der Waals surface area (Å²) in [4.78, 5) is 12.2. The zero-order valence-corrected chi connectivity index (χ0v) is 14.3. The van der Waals surface area contributed by atoms with Gasteiger partial charge in [-0.05, 0) is 48.7 Å². The Morgan fingerprint density at radius 3 is 2.87 bits per heavy atom. The van der Waals surface area contributed by atoms with Crippen molar-refractivity contribution in [2.24, 2.45) is 0 Å². The number of rotatable bonds is 5. The van der Waals surface area contributed by atoms with Crippen molar-refractivity contribution in [2.45, 2.75) is 50.7 Å². The first-order valence-electron chi connectivity index (χ1n) is 7.91. The van der Waals surface area contributed by atoms with Gasteiger partial charge < -0.3 is 5.32 Å². The van der Waals surface area contributed by atoms with Crippen LogP contribution in [-0.4, -0.2) is 31.9 Å². The summed E-state index contributed by atoms with van der Waals surface area (Å²) in [5, 5.41) is 15.6. The summed E-state index contributed by atoms with van der Waals surface area (Å²) in [6.45, 7) is 4.04. The molecule has 1 aliphatic carbocycles. The number of nitrogens with zero attached hydrogens (tertiary/aromatic N) is 4. The molecule has 1 aromatic carbocycles. The molecule has 23 heavy (non-hydrogen) atoms. The summed E-state index contributed by atoms with van der Waals surface area (Å²) in [5.74, 6) is 0.267. The second-order valence-corrected chi connectivity index (χ2v) is 6.94. The van der Waals surface area contributed by atoms with E-state index in [0.29, 0.717) is 11.8 Å². The van der Waals surface area contributed by atoms with Crippen molar-refractivity contribution in [1.29, 1.82) is 0 Å². The number of tetrazole rings is 1. The maximum Gasteiger partial charge on any atom is 0.234 e. The van der Waals surface area contributed by atoms with Gasteiger partial charge in [-0.3, -0.25) is 4.79 Å². The van der Waals surface area contributed by atoms with Gasteiger partial charge >= 0.3 is 0 Å². The Morgan fingerprint density at radius 1 is 1.35 bits per heavy atom. The zero-order valence-electron chi connectivity index (χ0n) is 13.5. The van der Waals surface area contributed by atoms with Gasteiger partial charge in [0.15, 0.2) is 0 Å².